The van der Waals surface area contributed by atoms with Gasteiger partial charge in [-0.1, -0.05) is 30.3 Å². The van der Waals surface area contributed by atoms with E-state index in [1.54, 1.807) is 23.1 Å². The molecule has 180 valence electrons. The van der Waals surface area contributed by atoms with Crippen LogP contribution in [0.4, 0.5) is 5.69 Å². The van der Waals surface area contributed by atoms with Crippen molar-refractivity contribution in [3.05, 3.63) is 70.9 Å². The van der Waals surface area contributed by atoms with Crippen molar-refractivity contribution in [3.63, 3.8) is 0 Å². The molecule has 0 saturated carbocycles. The van der Waals surface area contributed by atoms with Gasteiger partial charge in [0.25, 0.3) is 5.91 Å². The van der Waals surface area contributed by atoms with E-state index in [0.29, 0.717) is 18.8 Å². The van der Waals surface area contributed by atoms with E-state index >= 15 is 0 Å². The van der Waals surface area contributed by atoms with E-state index in [0.717, 1.165) is 36.6 Å². The van der Waals surface area contributed by atoms with Crippen LogP contribution in [0.1, 0.15) is 4.88 Å². The van der Waals surface area contributed by atoms with Crippen LogP contribution in [0.15, 0.2) is 70.3 Å². The second kappa shape index (κ2) is 11.9. The SMILES string of the molecule is CSc1sc(C(=N)N)cc1-c1nc(-c2cccc(OCC(=O)NCCNc3ccccc3)c2)cs1. The predicted molar refractivity (Wildman–Crippen MR) is 147 cm³/mol. The Morgan fingerprint density at radius 3 is 2.74 bits per heavy atom. The van der Waals surface area contributed by atoms with Crippen LogP contribution >= 0.6 is 34.4 Å². The number of aromatic nitrogens is 1. The number of ether oxygens (including phenoxy) is 1. The van der Waals surface area contributed by atoms with Crippen molar-refractivity contribution in [3.8, 4) is 27.6 Å². The fraction of sp³-hybridized carbons (Fsp3) is 0.160. The van der Waals surface area contributed by atoms with Crippen LogP contribution in [0.25, 0.3) is 21.8 Å². The fourth-order valence-corrected chi connectivity index (χ4v) is 5.96. The fourth-order valence-electron chi connectivity index (χ4n) is 3.25. The number of amides is 1. The third-order valence-electron chi connectivity index (χ3n) is 4.93. The summed E-state index contributed by atoms with van der Waals surface area (Å²) >= 11 is 4.67. The zero-order valence-electron chi connectivity index (χ0n) is 19.0. The molecule has 2 aromatic heterocycles. The molecule has 0 unspecified atom stereocenters. The average molecular weight is 524 g/mol. The third-order valence-corrected chi connectivity index (χ3v) is 8.11. The summed E-state index contributed by atoms with van der Waals surface area (Å²) in [5.41, 5.74) is 9.42. The normalized spacial score (nSPS) is 10.7. The molecule has 0 bridgehead atoms. The van der Waals surface area contributed by atoms with Gasteiger partial charge < -0.3 is 21.1 Å². The number of thiophene rings is 1. The van der Waals surface area contributed by atoms with Gasteiger partial charge in [-0.05, 0) is 36.6 Å². The van der Waals surface area contributed by atoms with Gasteiger partial charge in [-0.25, -0.2) is 4.98 Å². The minimum atomic E-state index is -0.176. The van der Waals surface area contributed by atoms with Crippen LogP contribution in [0.5, 0.6) is 5.75 Å². The molecule has 35 heavy (non-hydrogen) atoms. The minimum absolute atomic E-state index is 0.0586. The first-order chi connectivity index (χ1) is 17.0. The summed E-state index contributed by atoms with van der Waals surface area (Å²) in [6, 6.07) is 19.3. The van der Waals surface area contributed by atoms with Crippen molar-refractivity contribution >= 4 is 51.9 Å². The molecule has 7 nitrogen and oxygen atoms in total. The molecule has 4 aromatic rings. The van der Waals surface area contributed by atoms with Crippen molar-refractivity contribution in [2.45, 2.75) is 4.21 Å². The lowest BCUT2D eigenvalue weighted by atomic mass is 10.1. The average Bonchev–Trinajstić information content (AvgIpc) is 3.54. The van der Waals surface area contributed by atoms with Crippen LogP contribution in [-0.2, 0) is 4.79 Å². The molecule has 10 heteroatoms. The first-order valence-corrected chi connectivity index (χ1v) is 13.7. The van der Waals surface area contributed by atoms with Crippen LogP contribution < -0.4 is 21.1 Å². The van der Waals surface area contributed by atoms with Gasteiger partial charge in [0, 0.05) is 35.3 Å². The molecule has 0 spiro atoms. The summed E-state index contributed by atoms with van der Waals surface area (Å²) < 4.78 is 6.79. The van der Waals surface area contributed by atoms with Crippen LogP contribution in [0.3, 0.4) is 0 Å². The van der Waals surface area contributed by atoms with Gasteiger partial charge in [0.2, 0.25) is 0 Å². The summed E-state index contributed by atoms with van der Waals surface area (Å²) in [5, 5.41) is 16.7. The number of rotatable bonds is 11. The zero-order valence-corrected chi connectivity index (χ0v) is 21.5. The largest absolute Gasteiger partial charge is 0.484 e. The Kier molecular flexibility index (Phi) is 8.40. The van der Waals surface area contributed by atoms with E-state index < -0.39 is 0 Å². The number of nitrogens with two attached hydrogens (primary N) is 1. The number of amidine groups is 1. The Morgan fingerprint density at radius 1 is 1.14 bits per heavy atom. The monoisotopic (exact) mass is 523 g/mol. The molecule has 0 aliphatic carbocycles. The topological polar surface area (TPSA) is 113 Å². The number of anilines is 1. The molecule has 0 radical (unpaired) electrons. The van der Waals surface area contributed by atoms with Gasteiger partial charge in [0.05, 0.1) is 14.8 Å². The third kappa shape index (κ3) is 6.62. The van der Waals surface area contributed by atoms with E-state index in [1.165, 1.54) is 11.3 Å². The Hall–Kier alpha value is -3.34. The number of hydrogen-bond acceptors (Lipinski definition) is 8. The van der Waals surface area contributed by atoms with Crippen molar-refractivity contribution in [1.29, 1.82) is 5.41 Å². The van der Waals surface area contributed by atoms with Crippen LogP contribution in [0.2, 0.25) is 0 Å². The van der Waals surface area contributed by atoms with E-state index in [1.807, 2.05) is 72.3 Å². The van der Waals surface area contributed by atoms with Crippen molar-refractivity contribution in [2.75, 3.05) is 31.3 Å². The molecular formula is C25H25N5O2S3. The standard InChI is InChI=1S/C25H25N5O2S3/c1-33-25-19(13-21(35-25)23(26)27)24-30-20(15-34-24)16-6-5-9-18(12-16)32-14-22(31)29-11-10-28-17-7-3-2-4-8-17/h2-9,12-13,15,28H,10-11,14H2,1H3,(H3,26,27)(H,29,31). The summed E-state index contributed by atoms with van der Waals surface area (Å²) in [4.78, 5) is 17.7. The van der Waals surface area contributed by atoms with Crippen molar-refractivity contribution in [1.82, 2.24) is 10.3 Å². The molecule has 0 fully saturated rings. The molecule has 0 aliphatic heterocycles. The van der Waals surface area contributed by atoms with Gasteiger partial charge in [0.15, 0.2) is 6.61 Å². The quantitative estimate of drug-likeness (QED) is 0.0936. The highest BCUT2D eigenvalue weighted by atomic mass is 32.2. The first-order valence-electron chi connectivity index (χ1n) is 10.8. The van der Waals surface area contributed by atoms with Crippen LogP contribution in [0, 0.1) is 5.41 Å². The number of thiazole rings is 1. The molecule has 2 heterocycles. The molecule has 0 atom stereocenters. The van der Waals surface area contributed by atoms with Gasteiger partial charge in [-0.15, -0.1) is 34.4 Å². The molecule has 0 aliphatic rings. The number of carbonyl (C=O) groups excluding carboxylic acids is 1. The Labute approximate surface area is 216 Å². The summed E-state index contributed by atoms with van der Waals surface area (Å²) in [5.74, 6) is 0.494. The van der Waals surface area contributed by atoms with Crippen molar-refractivity contribution < 1.29 is 9.53 Å². The number of carbonyl (C=O) groups is 1. The zero-order chi connectivity index (χ0) is 24.6. The number of nitrogens with zero attached hydrogens (tertiary/aromatic N) is 1. The lowest BCUT2D eigenvalue weighted by Crippen LogP contribution is -2.32. The molecule has 0 saturated heterocycles. The van der Waals surface area contributed by atoms with Crippen molar-refractivity contribution in [2.24, 2.45) is 5.73 Å². The summed E-state index contributed by atoms with van der Waals surface area (Å²) in [6.45, 7) is 1.08. The second-order valence-corrected chi connectivity index (χ2v) is 10.4. The van der Waals surface area contributed by atoms with Gasteiger partial charge >= 0.3 is 0 Å². The molecule has 1 amide bonds. The first kappa shape index (κ1) is 24.8. The van der Waals surface area contributed by atoms with Gasteiger partial charge in [0.1, 0.15) is 16.6 Å². The lowest BCUT2D eigenvalue weighted by Gasteiger charge is -2.09. The minimum Gasteiger partial charge on any atom is -0.484 e. The number of benzene rings is 2. The maximum atomic E-state index is 12.2. The summed E-state index contributed by atoms with van der Waals surface area (Å²) in [6.07, 6.45) is 2.00. The predicted octanol–water partition coefficient (Wildman–Crippen LogP) is 5.15. The van der Waals surface area contributed by atoms with Gasteiger partial charge in [-0.2, -0.15) is 0 Å². The summed E-state index contributed by atoms with van der Waals surface area (Å²) in [7, 11) is 0. The van der Waals surface area contributed by atoms with E-state index in [2.05, 4.69) is 10.6 Å². The number of hydrogen-bond donors (Lipinski definition) is 4. The highest BCUT2D eigenvalue weighted by Crippen LogP contribution is 2.40. The van der Waals surface area contributed by atoms with E-state index in [4.69, 9.17) is 20.9 Å². The smallest absolute Gasteiger partial charge is 0.258 e. The molecule has 4 rings (SSSR count). The molecular weight excluding hydrogens is 499 g/mol. The van der Waals surface area contributed by atoms with E-state index in [9.17, 15) is 4.79 Å². The molecule has 5 N–H and O–H groups in total. The Morgan fingerprint density at radius 2 is 1.97 bits per heavy atom. The molecule has 2 aromatic carbocycles. The maximum absolute atomic E-state index is 12.2. The van der Waals surface area contributed by atoms with Gasteiger partial charge in [-0.3, -0.25) is 10.2 Å². The number of nitrogens with one attached hydrogen (secondary N) is 3. The lowest BCUT2D eigenvalue weighted by molar-refractivity contribution is -0.123. The number of nitrogen functional groups attached to an aromatic ring is 1. The van der Waals surface area contributed by atoms with Crippen LogP contribution in [-0.4, -0.2) is 42.7 Å². The maximum Gasteiger partial charge on any atom is 0.258 e. The highest BCUT2D eigenvalue weighted by Gasteiger charge is 2.16. The Balaban J connectivity index is 1.33. The highest BCUT2D eigenvalue weighted by molar-refractivity contribution is 8.00. The van der Waals surface area contributed by atoms with E-state index in [-0.39, 0.29) is 18.3 Å². The number of para-hydroxylation sites is 1. The number of thioether (sulfide) groups is 1. The second-order valence-electron chi connectivity index (χ2n) is 7.43. The Bertz CT molecular complexity index is 1300.